The zero-order valence-corrected chi connectivity index (χ0v) is 17.5. The molecule has 162 valence electrons. The van der Waals surface area contributed by atoms with Crippen molar-refractivity contribution in [3.63, 3.8) is 0 Å². The Morgan fingerprint density at radius 3 is 2.56 bits per heavy atom. The van der Waals surface area contributed by atoms with Crippen molar-refractivity contribution >= 4 is 17.3 Å². The average molecular weight is 454 g/mol. The predicted octanol–water partition coefficient (Wildman–Crippen LogP) is 5.19. The van der Waals surface area contributed by atoms with E-state index >= 15 is 0 Å². The van der Waals surface area contributed by atoms with Crippen LogP contribution in [0, 0.1) is 6.92 Å². The Morgan fingerprint density at radius 2 is 1.84 bits per heavy atom. The lowest BCUT2D eigenvalue weighted by Crippen LogP contribution is -2.03. The van der Waals surface area contributed by atoms with Crippen LogP contribution in [0.25, 0.3) is 21.8 Å². The minimum absolute atomic E-state index is 0.198. The van der Waals surface area contributed by atoms with Crippen molar-refractivity contribution in [1.29, 1.82) is 0 Å². The van der Waals surface area contributed by atoms with Gasteiger partial charge in [0.05, 0.1) is 27.5 Å². The summed E-state index contributed by atoms with van der Waals surface area (Å²) in [6.45, 7) is 2.04. The lowest BCUT2D eigenvalue weighted by atomic mass is 10.0. The number of pyridine rings is 1. The predicted molar refractivity (Wildman–Crippen MR) is 114 cm³/mol. The minimum atomic E-state index is -2.91. The van der Waals surface area contributed by atoms with Crippen LogP contribution in [0.15, 0.2) is 54.9 Å². The summed E-state index contributed by atoms with van der Waals surface area (Å²) in [5.41, 5.74) is 1.26. The van der Waals surface area contributed by atoms with E-state index in [-0.39, 0.29) is 12.6 Å². The molecule has 0 aliphatic carbocycles. The first-order valence-electron chi connectivity index (χ1n) is 9.41. The lowest BCUT2D eigenvalue weighted by molar-refractivity contribution is 0.0684. The number of aromatic carboxylic acids is 1. The van der Waals surface area contributed by atoms with Crippen molar-refractivity contribution in [3.8, 4) is 27.8 Å². The molecule has 10 heteroatoms. The van der Waals surface area contributed by atoms with E-state index in [0.717, 1.165) is 10.6 Å². The second kappa shape index (κ2) is 9.15. The molecule has 3 heterocycles. The van der Waals surface area contributed by atoms with Gasteiger partial charge >= 0.3 is 12.0 Å². The number of carboxylic acids is 1. The van der Waals surface area contributed by atoms with E-state index in [1.54, 1.807) is 36.7 Å². The molecule has 0 amide bonds. The van der Waals surface area contributed by atoms with Gasteiger partial charge in [0.15, 0.2) is 0 Å². The van der Waals surface area contributed by atoms with Crippen molar-refractivity contribution in [3.05, 3.63) is 76.7 Å². The van der Waals surface area contributed by atoms with Gasteiger partial charge in [-0.2, -0.15) is 0 Å². The maximum atomic E-state index is 13.4. The van der Waals surface area contributed by atoms with Crippen LogP contribution in [-0.2, 0) is 6.61 Å². The van der Waals surface area contributed by atoms with Crippen LogP contribution >= 0.6 is 11.3 Å². The second-order valence-electron chi connectivity index (χ2n) is 6.66. The normalized spacial score (nSPS) is 11.0. The molecular weight excluding hydrogens is 438 g/mol. The molecule has 1 aromatic carbocycles. The number of halogens is 2. The van der Waals surface area contributed by atoms with Gasteiger partial charge < -0.3 is 9.84 Å². The Morgan fingerprint density at radius 1 is 1.09 bits per heavy atom. The van der Waals surface area contributed by atoms with E-state index in [1.807, 2.05) is 6.92 Å². The number of nitrogens with zero attached hydrogens (tertiary/aromatic N) is 4. The summed E-state index contributed by atoms with van der Waals surface area (Å²) in [5, 5.41) is 9.86. The van der Waals surface area contributed by atoms with E-state index in [0.29, 0.717) is 22.0 Å². The summed E-state index contributed by atoms with van der Waals surface area (Å²) in [5.74, 6) is -1.40. The van der Waals surface area contributed by atoms with Crippen LogP contribution < -0.4 is 4.74 Å². The highest BCUT2D eigenvalue weighted by Gasteiger charge is 2.19. The van der Waals surface area contributed by atoms with Gasteiger partial charge in [-0.25, -0.2) is 33.5 Å². The van der Waals surface area contributed by atoms with Gasteiger partial charge in [-0.1, -0.05) is 12.1 Å². The zero-order chi connectivity index (χ0) is 22.7. The van der Waals surface area contributed by atoms with E-state index in [4.69, 9.17) is 9.84 Å². The van der Waals surface area contributed by atoms with Gasteiger partial charge in [0.2, 0.25) is 0 Å². The molecule has 0 saturated carbocycles. The molecule has 0 unspecified atom stereocenters. The minimum Gasteiger partial charge on any atom is -0.478 e. The van der Waals surface area contributed by atoms with Crippen molar-refractivity contribution in [2.75, 3.05) is 0 Å². The molecule has 0 bridgehead atoms. The summed E-state index contributed by atoms with van der Waals surface area (Å²) < 4.78 is 32.3. The fourth-order valence-electron chi connectivity index (χ4n) is 3.06. The summed E-state index contributed by atoms with van der Waals surface area (Å²) in [7, 11) is 0. The van der Waals surface area contributed by atoms with Gasteiger partial charge in [-0.3, -0.25) is 0 Å². The number of benzene rings is 1. The summed E-state index contributed by atoms with van der Waals surface area (Å²) >= 11 is 1.40. The first kappa shape index (κ1) is 21.4. The fourth-order valence-corrected chi connectivity index (χ4v) is 4.00. The van der Waals surface area contributed by atoms with Crippen LogP contribution in [0.5, 0.6) is 6.01 Å². The maximum Gasteiger partial charge on any atom is 0.336 e. The number of carboxylic acid groups (broad SMARTS) is 1. The Labute approximate surface area is 185 Å². The Kier molecular flexibility index (Phi) is 6.13. The van der Waals surface area contributed by atoms with Crippen molar-refractivity contribution in [1.82, 2.24) is 19.9 Å². The molecule has 0 saturated heterocycles. The smallest absolute Gasteiger partial charge is 0.336 e. The number of carbonyl (C=O) groups is 1. The number of aromatic nitrogens is 4. The molecule has 0 aliphatic heterocycles. The lowest BCUT2D eigenvalue weighted by Gasteiger charge is -2.09. The third-order valence-electron chi connectivity index (χ3n) is 4.50. The number of hydrogen-bond donors (Lipinski definition) is 1. The average Bonchev–Trinajstić information content (AvgIpc) is 3.18. The van der Waals surface area contributed by atoms with E-state index < -0.39 is 23.5 Å². The molecule has 0 aliphatic rings. The SMILES string of the molecule is Cc1nc(COc2ncccn2)sc1-c1cccc(-c2ccc(C(=O)O)c(C(F)F)c2)n1. The summed E-state index contributed by atoms with van der Waals surface area (Å²) in [4.78, 5) is 29.1. The van der Waals surface area contributed by atoms with E-state index in [1.165, 1.54) is 29.5 Å². The molecule has 7 nitrogen and oxygen atoms in total. The zero-order valence-electron chi connectivity index (χ0n) is 16.7. The molecule has 1 N–H and O–H groups in total. The Bertz CT molecular complexity index is 1270. The van der Waals surface area contributed by atoms with Crippen molar-refractivity contribution in [2.24, 2.45) is 0 Å². The largest absolute Gasteiger partial charge is 0.478 e. The number of hydrogen-bond acceptors (Lipinski definition) is 7. The third kappa shape index (κ3) is 4.59. The van der Waals surface area contributed by atoms with E-state index in [2.05, 4.69) is 19.9 Å². The van der Waals surface area contributed by atoms with Gasteiger partial charge in [-0.05, 0) is 37.3 Å². The molecule has 4 aromatic rings. The first-order valence-corrected chi connectivity index (χ1v) is 10.2. The molecule has 3 aromatic heterocycles. The number of ether oxygens (including phenoxy) is 1. The standard InChI is InChI=1S/C22H16F2N4O3S/c1-12-19(32-18(27-12)11-31-22-25-8-3-9-26-22)17-5-2-4-16(28-17)13-6-7-14(21(29)30)15(10-13)20(23)24/h2-10,20H,11H2,1H3,(H,29,30). The molecule has 0 radical (unpaired) electrons. The number of thiazole rings is 1. The third-order valence-corrected chi connectivity index (χ3v) is 5.66. The Balaban J connectivity index is 1.62. The van der Waals surface area contributed by atoms with Gasteiger partial charge in [0.25, 0.3) is 6.43 Å². The molecule has 0 fully saturated rings. The Hall–Kier alpha value is -3.79. The monoisotopic (exact) mass is 454 g/mol. The van der Waals surface area contributed by atoms with Crippen LogP contribution in [0.3, 0.4) is 0 Å². The molecule has 0 spiro atoms. The highest BCUT2D eigenvalue weighted by Crippen LogP contribution is 2.32. The maximum absolute atomic E-state index is 13.4. The van der Waals surface area contributed by atoms with Gasteiger partial charge in [0, 0.05) is 23.5 Å². The topological polar surface area (TPSA) is 98.1 Å². The van der Waals surface area contributed by atoms with Crippen molar-refractivity contribution in [2.45, 2.75) is 20.0 Å². The van der Waals surface area contributed by atoms with Crippen LogP contribution in [-0.4, -0.2) is 31.0 Å². The first-order chi connectivity index (χ1) is 15.4. The van der Waals surface area contributed by atoms with Crippen LogP contribution in [0.4, 0.5) is 8.78 Å². The van der Waals surface area contributed by atoms with Crippen LogP contribution in [0.2, 0.25) is 0 Å². The van der Waals surface area contributed by atoms with Gasteiger partial charge in [-0.15, -0.1) is 11.3 Å². The summed E-state index contributed by atoms with van der Waals surface area (Å²) in [6.07, 6.45) is 0.251. The molecule has 32 heavy (non-hydrogen) atoms. The molecule has 0 atom stereocenters. The fraction of sp³-hybridized carbons (Fsp3) is 0.136. The summed E-state index contributed by atoms with van der Waals surface area (Å²) in [6, 6.07) is 11.0. The van der Waals surface area contributed by atoms with Crippen molar-refractivity contribution < 1.29 is 23.4 Å². The highest BCUT2D eigenvalue weighted by molar-refractivity contribution is 7.15. The molecule has 4 rings (SSSR count). The highest BCUT2D eigenvalue weighted by atomic mass is 32.1. The van der Waals surface area contributed by atoms with Crippen LogP contribution in [0.1, 0.15) is 33.0 Å². The number of rotatable bonds is 7. The van der Waals surface area contributed by atoms with E-state index in [9.17, 15) is 13.6 Å². The van der Waals surface area contributed by atoms with Gasteiger partial charge in [0.1, 0.15) is 11.6 Å². The number of alkyl halides is 2. The second-order valence-corrected chi connectivity index (χ2v) is 7.74. The number of aryl methyl sites for hydroxylation is 1. The quantitative estimate of drug-likeness (QED) is 0.411. The molecular formula is C22H16F2N4O3S.